The summed E-state index contributed by atoms with van der Waals surface area (Å²) in [5, 5.41) is 9.53. The number of hydrogen-bond donors (Lipinski definition) is 1. The van der Waals surface area contributed by atoms with E-state index in [2.05, 4.69) is 0 Å². The summed E-state index contributed by atoms with van der Waals surface area (Å²) in [5.74, 6) is 0.607. The Balaban J connectivity index is 3.03. The van der Waals surface area contributed by atoms with Gasteiger partial charge in [0.1, 0.15) is 5.75 Å². The van der Waals surface area contributed by atoms with E-state index in [0.29, 0.717) is 18.6 Å². The van der Waals surface area contributed by atoms with Gasteiger partial charge in [0.2, 0.25) is 0 Å². The van der Waals surface area contributed by atoms with Crippen LogP contribution in [-0.2, 0) is 0 Å². The number of benzene rings is 1. The Bertz CT molecular complexity index is 347. The molecule has 1 aromatic rings. The smallest absolute Gasteiger partial charge is 0.168 e. The molecule has 0 aliphatic rings. The number of carbonyl (C=O) groups is 1. The minimum atomic E-state index is -0.156. The number of phenolic OH excluding ortho intramolecular Hbond substituents is 1. The molecule has 0 aromatic heterocycles. The molecule has 1 aromatic carbocycles. The zero-order valence-electron chi connectivity index (χ0n) is 8.82. The first-order valence-electron chi connectivity index (χ1n) is 4.71. The summed E-state index contributed by atoms with van der Waals surface area (Å²) in [6.07, 6.45) is 1.44. The molecule has 0 saturated heterocycles. The lowest BCUT2D eigenvalue weighted by Gasteiger charge is -2.09. The Morgan fingerprint density at radius 1 is 1.47 bits per heavy atom. The van der Waals surface area contributed by atoms with Crippen molar-refractivity contribution in [2.24, 2.45) is 0 Å². The first-order chi connectivity index (χ1) is 7.22. The third-order valence-electron chi connectivity index (χ3n) is 1.90. The molecule has 0 saturated carbocycles. The van der Waals surface area contributed by atoms with Crippen LogP contribution >= 0.6 is 0 Å². The Morgan fingerprint density at radius 2 is 2.20 bits per heavy atom. The number of hydrogen-bond acceptors (Lipinski definition) is 4. The van der Waals surface area contributed by atoms with Crippen LogP contribution in [0, 0.1) is 0 Å². The average Bonchev–Trinajstić information content (AvgIpc) is 2.27. The van der Waals surface area contributed by atoms with Gasteiger partial charge in [0.15, 0.2) is 17.8 Å². The maximum absolute atomic E-state index is 10.7. The van der Waals surface area contributed by atoms with Crippen LogP contribution in [0.2, 0.25) is 0 Å². The molecule has 0 unspecified atom stereocenters. The summed E-state index contributed by atoms with van der Waals surface area (Å²) < 4.78 is 10.3. The fraction of sp³-hybridized carbons (Fsp3) is 0.364. The van der Waals surface area contributed by atoms with Crippen molar-refractivity contribution in [2.45, 2.75) is 13.3 Å². The molecule has 0 aliphatic heterocycles. The molecule has 0 radical (unpaired) electrons. The molecule has 4 nitrogen and oxygen atoms in total. The fourth-order valence-corrected chi connectivity index (χ4v) is 1.15. The standard InChI is InChI=1S/C11H14O4/c1-3-4-15-9-5-8(7-12)11(13)10(6-9)14-2/h5-7,13H,3-4H2,1-2H3. The highest BCUT2D eigenvalue weighted by molar-refractivity contribution is 5.82. The van der Waals surface area contributed by atoms with Crippen LogP contribution in [0.1, 0.15) is 23.7 Å². The summed E-state index contributed by atoms with van der Waals surface area (Å²) in [7, 11) is 1.42. The summed E-state index contributed by atoms with van der Waals surface area (Å²) in [4.78, 5) is 10.7. The Hall–Kier alpha value is -1.71. The molecule has 0 aliphatic carbocycles. The summed E-state index contributed by atoms with van der Waals surface area (Å²) in [6.45, 7) is 2.55. The summed E-state index contributed by atoms with van der Waals surface area (Å²) in [5.41, 5.74) is 0.167. The maximum Gasteiger partial charge on any atom is 0.168 e. The molecular formula is C11H14O4. The van der Waals surface area contributed by atoms with Crippen LogP contribution in [0.3, 0.4) is 0 Å². The highest BCUT2D eigenvalue weighted by Gasteiger charge is 2.10. The number of aromatic hydroxyl groups is 1. The summed E-state index contributed by atoms with van der Waals surface area (Å²) in [6, 6.07) is 3.04. The lowest BCUT2D eigenvalue weighted by molar-refractivity contribution is 0.112. The van der Waals surface area contributed by atoms with Crippen molar-refractivity contribution in [3.63, 3.8) is 0 Å². The SMILES string of the molecule is CCCOc1cc(C=O)c(O)c(OC)c1. The topological polar surface area (TPSA) is 55.8 Å². The Labute approximate surface area is 88.4 Å². The first-order valence-corrected chi connectivity index (χ1v) is 4.71. The van der Waals surface area contributed by atoms with Gasteiger partial charge < -0.3 is 14.6 Å². The lowest BCUT2D eigenvalue weighted by atomic mass is 10.2. The Kier molecular flexibility index (Phi) is 3.97. The van der Waals surface area contributed by atoms with Crippen LogP contribution in [0.25, 0.3) is 0 Å². The molecule has 0 atom stereocenters. The minimum absolute atomic E-state index is 0.156. The van der Waals surface area contributed by atoms with Crippen molar-refractivity contribution in [2.75, 3.05) is 13.7 Å². The van der Waals surface area contributed by atoms with Gasteiger partial charge in [0.05, 0.1) is 19.3 Å². The Morgan fingerprint density at radius 3 is 2.73 bits per heavy atom. The number of rotatable bonds is 5. The molecule has 0 fully saturated rings. The van der Waals surface area contributed by atoms with Crippen molar-refractivity contribution in [1.82, 2.24) is 0 Å². The van der Waals surface area contributed by atoms with Crippen LogP contribution < -0.4 is 9.47 Å². The largest absolute Gasteiger partial charge is 0.504 e. The molecule has 82 valence electrons. The molecule has 0 amide bonds. The second-order valence-corrected chi connectivity index (χ2v) is 3.03. The van der Waals surface area contributed by atoms with Crippen molar-refractivity contribution in [3.8, 4) is 17.2 Å². The van der Waals surface area contributed by atoms with Crippen LogP contribution in [-0.4, -0.2) is 25.1 Å². The molecule has 0 spiro atoms. The van der Waals surface area contributed by atoms with E-state index < -0.39 is 0 Å². The second-order valence-electron chi connectivity index (χ2n) is 3.03. The predicted octanol–water partition coefficient (Wildman–Crippen LogP) is 2.00. The lowest BCUT2D eigenvalue weighted by Crippen LogP contribution is -1.97. The van der Waals surface area contributed by atoms with E-state index >= 15 is 0 Å². The maximum atomic E-state index is 10.7. The molecule has 0 bridgehead atoms. The van der Waals surface area contributed by atoms with Crippen LogP contribution in [0.15, 0.2) is 12.1 Å². The summed E-state index contributed by atoms with van der Waals surface area (Å²) >= 11 is 0. The molecular weight excluding hydrogens is 196 g/mol. The van der Waals surface area contributed by atoms with E-state index in [1.807, 2.05) is 6.92 Å². The number of ether oxygens (including phenoxy) is 2. The number of aldehydes is 1. The van der Waals surface area contributed by atoms with Gasteiger partial charge in [0.25, 0.3) is 0 Å². The third-order valence-corrected chi connectivity index (χ3v) is 1.90. The number of methoxy groups -OCH3 is 1. The highest BCUT2D eigenvalue weighted by Crippen LogP contribution is 2.33. The van der Waals surface area contributed by atoms with Gasteiger partial charge in [-0.25, -0.2) is 0 Å². The van der Waals surface area contributed by atoms with Crippen LogP contribution in [0.5, 0.6) is 17.2 Å². The van der Waals surface area contributed by atoms with Gasteiger partial charge in [0, 0.05) is 6.07 Å². The minimum Gasteiger partial charge on any atom is -0.504 e. The molecule has 1 N–H and O–H groups in total. The van der Waals surface area contributed by atoms with E-state index in [1.54, 1.807) is 6.07 Å². The van der Waals surface area contributed by atoms with Gasteiger partial charge >= 0.3 is 0 Å². The van der Waals surface area contributed by atoms with E-state index in [4.69, 9.17) is 9.47 Å². The third kappa shape index (κ3) is 2.62. The van der Waals surface area contributed by atoms with Crippen LogP contribution in [0.4, 0.5) is 0 Å². The van der Waals surface area contributed by atoms with Gasteiger partial charge in [-0.2, -0.15) is 0 Å². The molecule has 4 heteroatoms. The van der Waals surface area contributed by atoms with Crippen molar-refractivity contribution >= 4 is 6.29 Å². The van der Waals surface area contributed by atoms with Gasteiger partial charge in [-0.1, -0.05) is 6.92 Å². The van der Waals surface area contributed by atoms with Gasteiger partial charge in [-0.05, 0) is 12.5 Å². The molecule has 0 heterocycles. The normalized spacial score (nSPS) is 9.73. The highest BCUT2D eigenvalue weighted by atomic mass is 16.5. The second kappa shape index (κ2) is 5.24. The van der Waals surface area contributed by atoms with Gasteiger partial charge in [-0.15, -0.1) is 0 Å². The van der Waals surface area contributed by atoms with Gasteiger partial charge in [-0.3, -0.25) is 4.79 Å². The van der Waals surface area contributed by atoms with E-state index in [1.165, 1.54) is 13.2 Å². The zero-order chi connectivity index (χ0) is 11.3. The van der Waals surface area contributed by atoms with E-state index in [9.17, 15) is 9.90 Å². The number of phenols is 1. The predicted molar refractivity (Wildman–Crippen MR) is 55.8 cm³/mol. The quantitative estimate of drug-likeness (QED) is 0.755. The van der Waals surface area contributed by atoms with Crippen molar-refractivity contribution < 1.29 is 19.4 Å². The molecule has 1 rings (SSSR count). The van der Waals surface area contributed by atoms with E-state index in [0.717, 1.165) is 6.42 Å². The number of carbonyl (C=O) groups excluding carboxylic acids is 1. The van der Waals surface area contributed by atoms with Crippen molar-refractivity contribution in [1.29, 1.82) is 0 Å². The fourth-order valence-electron chi connectivity index (χ4n) is 1.15. The zero-order valence-corrected chi connectivity index (χ0v) is 8.82. The van der Waals surface area contributed by atoms with Crippen molar-refractivity contribution in [3.05, 3.63) is 17.7 Å². The van der Waals surface area contributed by atoms with E-state index in [-0.39, 0.29) is 17.1 Å². The molecule has 15 heavy (non-hydrogen) atoms. The first kappa shape index (κ1) is 11.4. The monoisotopic (exact) mass is 210 g/mol. The average molecular weight is 210 g/mol.